The zero-order valence-corrected chi connectivity index (χ0v) is 16.0. The van der Waals surface area contributed by atoms with Gasteiger partial charge in [0.1, 0.15) is 5.58 Å². The largest absolute Gasteiger partial charge is 0.464 e. The first-order valence-electron chi connectivity index (χ1n) is 9.71. The molecule has 29 heavy (non-hydrogen) atoms. The molecule has 0 radical (unpaired) electrons. The predicted molar refractivity (Wildman–Crippen MR) is 114 cm³/mol. The van der Waals surface area contributed by atoms with Crippen molar-refractivity contribution < 1.29 is 9.21 Å². The number of hydrogen-bond acceptors (Lipinski definition) is 4. The van der Waals surface area contributed by atoms with Crippen molar-refractivity contribution in [2.24, 2.45) is 0 Å². The van der Waals surface area contributed by atoms with Crippen LogP contribution in [0.2, 0.25) is 0 Å². The fraction of sp³-hybridized carbons (Fsp3) is 0.217. The molecule has 146 valence electrons. The van der Waals surface area contributed by atoms with Crippen molar-refractivity contribution >= 4 is 33.5 Å². The molecule has 0 spiro atoms. The highest BCUT2D eigenvalue weighted by Gasteiger charge is 2.06. The molecule has 0 saturated heterocycles. The van der Waals surface area contributed by atoms with Crippen molar-refractivity contribution in [3.05, 3.63) is 66.1 Å². The standard InChI is InChI=1S/C23H22N4O2/c24-13-16-4-6-21-20(11-16)18(14-26-21)3-1-2-9-25-15-23(28)27-19-5-7-22-17(12-19)8-10-29-22/h4-8,10-12,14,25-26H,1-3,9,15H2,(H,27,28). The minimum Gasteiger partial charge on any atom is -0.464 e. The second-order valence-corrected chi connectivity index (χ2v) is 7.04. The molecule has 0 bridgehead atoms. The number of aryl methyl sites for hydroxylation is 1. The summed E-state index contributed by atoms with van der Waals surface area (Å²) in [6.07, 6.45) is 6.57. The van der Waals surface area contributed by atoms with Crippen molar-refractivity contribution in [1.29, 1.82) is 5.26 Å². The van der Waals surface area contributed by atoms with Gasteiger partial charge in [-0.15, -0.1) is 0 Å². The van der Waals surface area contributed by atoms with Crippen LogP contribution in [0.1, 0.15) is 24.0 Å². The van der Waals surface area contributed by atoms with E-state index in [4.69, 9.17) is 9.68 Å². The lowest BCUT2D eigenvalue weighted by molar-refractivity contribution is -0.115. The Morgan fingerprint density at radius 3 is 2.97 bits per heavy atom. The van der Waals surface area contributed by atoms with E-state index >= 15 is 0 Å². The maximum Gasteiger partial charge on any atom is 0.238 e. The number of carbonyl (C=O) groups is 1. The zero-order chi connectivity index (χ0) is 20.1. The molecule has 0 aliphatic carbocycles. The average molecular weight is 386 g/mol. The summed E-state index contributed by atoms with van der Waals surface area (Å²) in [5.41, 5.74) is 4.53. The minimum atomic E-state index is -0.0616. The Bertz CT molecular complexity index is 1180. The molecule has 0 atom stereocenters. The van der Waals surface area contributed by atoms with E-state index in [1.165, 1.54) is 5.56 Å². The number of carbonyl (C=O) groups excluding carboxylic acids is 1. The van der Waals surface area contributed by atoms with Gasteiger partial charge in [0.2, 0.25) is 5.91 Å². The minimum absolute atomic E-state index is 0.0616. The number of nitriles is 1. The first-order valence-corrected chi connectivity index (χ1v) is 9.71. The quantitative estimate of drug-likeness (QED) is 0.393. The maximum atomic E-state index is 12.1. The number of aromatic amines is 1. The van der Waals surface area contributed by atoms with Gasteiger partial charge >= 0.3 is 0 Å². The fourth-order valence-electron chi connectivity index (χ4n) is 3.47. The number of rotatable bonds is 8. The zero-order valence-electron chi connectivity index (χ0n) is 16.0. The Balaban J connectivity index is 1.18. The molecule has 0 aliphatic heterocycles. The van der Waals surface area contributed by atoms with E-state index < -0.39 is 0 Å². The predicted octanol–water partition coefficient (Wildman–Crippen LogP) is 4.34. The fourth-order valence-corrected chi connectivity index (χ4v) is 3.47. The molecule has 6 nitrogen and oxygen atoms in total. The van der Waals surface area contributed by atoms with E-state index in [0.29, 0.717) is 5.56 Å². The topological polar surface area (TPSA) is 93.9 Å². The van der Waals surface area contributed by atoms with Crippen LogP contribution in [0.25, 0.3) is 21.9 Å². The van der Waals surface area contributed by atoms with Gasteiger partial charge in [-0.05, 0) is 73.8 Å². The van der Waals surface area contributed by atoms with Gasteiger partial charge in [0.25, 0.3) is 0 Å². The second kappa shape index (κ2) is 8.63. The number of anilines is 1. The number of hydrogen-bond donors (Lipinski definition) is 3. The molecular formula is C23H22N4O2. The number of fused-ring (bicyclic) bond motifs is 2. The highest BCUT2D eigenvalue weighted by molar-refractivity contribution is 5.94. The van der Waals surface area contributed by atoms with Crippen LogP contribution in [0.15, 0.2) is 59.3 Å². The Hall–Kier alpha value is -3.56. The molecule has 4 rings (SSSR count). The molecule has 2 aromatic carbocycles. The SMILES string of the molecule is N#Cc1ccc2[nH]cc(CCCCNCC(=O)Nc3ccc4occc4c3)c2c1. The molecule has 0 aliphatic rings. The number of benzene rings is 2. The molecule has 2 heterocycles. The van der Waals surface area contributed by atoms with Gasteiger partial charge in [-0.2, -0.15) is 5.26 Å². The number of nitrogens with one attached hydrogen (secondary N) is 3. The summed E-state index contributed by atoms with van der Waals surface area (Å²) in [5, 5.41) is 17.2. The van der Waals surface area contributed by atoms with Crippen LogP contribution in [-0.2, 0) is 11.2 Å². The third-order valence-corrected chi connectivity index (χ3v) is 4.97. The number of furan rings is 1. The first-order chi connectivity index (χ1) is 14.2. The van der Waals surface area contributed by atoms with E-state index in [1.54, 1.807) is 6.26 Å². The number of nitrogens with zero attached hydrogens (tertiary/aromatic N) is 1. The van der Waals surface area contributed by atoms with Crippen LogP contribution in [0.3, 0.4) is 0 Å². The highest BCUT2D eigenvalue weighted by atomic mass is 16.3. The lowest BCUT2D eigenvalue weighted by Crippen LogP contribution is -2.28. The lowest BCUT2D eigenvalue weighted by atomic mass is 10.1. The molecule has 0 unspecified atom stereocenters. The molecular weight excluding hydrogens is 364 g/mol. The smallest absolute Gasteiger partial charge is 0.238 e. The molecule has 6 heteroatoms. The van der Waals surface area contributed by atoms with Crippen LogP contribution < -0.4 is 10.6 Å². The van der Waals surface area contributed by atoms with Gasteiger partial charge in [-0.25, -0.2) is 0 Å². The van der Waals surface area contributed by atoms with E-state index in [2.05, 4.69) is 21.7 Å². The van der Waals surface area contributed by atoms with Crippen LogP contribution in [0.4, 0.5) is 5.69 Å². The third kappa shape index (κ3) is 4.48. The van der Waals surface area contributed by atoms with Gasteiger partial charge in [0.15, 0.2) is 0 Å². The van der Waals surface area contributed by atoms with Crippen LogP contribution in [-0.4, -0.2) is 24.0 Å². The summed E-state index contributed by atoms with van der Waals surface area (Å²) in [6, 6.07) is 15.4. The summed E-state index contributed by atoms with van der Waals surface area (Å²) >= 11 is 0. The number of H-pyrrole nitrogens is 1. The first kappa shape index (κ1) is 18.8. The van der Waals surface area contributed by atoms with Crippen molar-refractivity contribution in [2.75, 3.05) is 18.4 Å². The Kier molecular flexibility index (Phi) is 5.59. The Morgan fingerprint density at radius 1 is 1.14 bits per heavy atom. The summed E-state index contributed by atoms with van der Waals surface area (Å²) in [5.74, 6) is -0.0616. The number of aromatic nitrogens is 1. The number of amides is 1. The van der Waals surface area contributed by atoms with Gasteiger partial charge < -0.3 is 20.0 Å². The van der Waals surface area contributed by atoms with Gasteiger partial charge in [0, 0.05) is 28.2 Å². The van der Waals surface area contributed by atoms with E-state index in [-0.39, 0.29) is 12.5 Å². The summed E-state index contributed by atoms with van der Waals surface area (Å²) in [4.78, 5) is 15.3. The normalized spacial score (nSPS) is 11.0. The second-order valence-electron chi connectivity index (χ2n) is 7.04. The highest BCUT2D eigenvalue weighted by Crippen LogP contribution is 2.21. The summed E-state index contributed by atoms with van der Waals surface area (Å²) in [6.45, 7) is 1.06. The molecule has 3 N–H and O–H groups in total. The molecule has 1 amide bonds. The monoisotopic (exact) mass is 386 g/mol. The van der Waals surface area contributed by atoms with Gasteiger partial charge in [-0.1, -0.05) is 0 Å². The van der Waals surface area contributed by atoms with E-state index in [9.17, 15) is 4.79 Å². The van der Waals surface area contributed by atoms with Crippen molar-refractivity contribution in [3.8, 4) is 6.07 Å². The molecule has 0 fully saturated rings. The average Bonchev–Trinajstić information content (AvgIpc) is 3.36. The number of unbranched alkanes of at least 4 members (excludes halogenated alkanes) is 1. The third-order valence-electron chi connectivity index (χ3n) is 4.97. The van der Waals surface area contributed by atoms with Crippen LogP contribution >= 0.6 is 0 Å². The summed E-state index contributed by atoms with van der Waals surface area (Å²) < 4.78 is 5.30. The van der Waals surface area contributed by atoms with Crippen molar-refractivity contribution in [1.82, 2.24) is 10.3 Å². The lowest BCUT2D eigenvalue weighted by Gasteiger charge is -2.07. The van der Waals surface area contributed by atoms with Crippen molar-refractivity contribution in [2.45, 2.75) is 19.3 Å². The molecule has 0 saturated carbocycles. The van der Waals surface area contributed by atoms with Crippen LogP contribution in [0.5, 0.6) is 0 Å². The molecule has 4 aromatic rings. The van der Waals surface area contributed by atoms with Crippen LogP contribution in [0, 0.1) is 11.3 Å². The maximum absolute atomic E-state index is 12.1. The Labute approximate surface area is 168 Å². The van der Waals surface area contributed by atoms with Crippen molar-refractivity contribution in [3.63, 3.8) is 0 Å². The van der Waals surface area contributed by atoms with Gasteiger partial charge in [-0.3, -0.25) is 4.79 Å². The van der Waals surface area contributed by atoms with E-state index in [0.717, 1.165) is 53.4 Å². The molecule has 2 aromatic heterocycles. The van der Waals surface area contributed by atoms with Gasteiger partial charge in [0.05, 0.1) is 24.4 Å². The van der Waals surface area contributed by atoms with E-state index in [1.807, 2.05) is 48.7 Å². The summed E-state index contributed by atoms with van der Waals surface area (Å²) in [7, 11) is 0. The Morgan fingerprint density at radius 2 is 2.07 bits per heavy atom.